The SMILES string of the molecule is Cc1ccoc1CNc1ccccc1S(=O)(=O)C(F)F. The van der Waals surface area contributed by atoms with Crippen molar-refractivity contribution >= 4 is 15.5 Å². The van der Waals surface area contributed by atoms with Gasteiger partial charge in [0.1, 0.15) is 5.76 Å². The van der Waals surface area contributed by atoms with Crippen molar-refractivity contribution in [1.82, 2.24) is 0 Å². The van der Waals surface area contributed by atoms with Gasteiger partial charge in [-0.3, -0.25) is 0 Å². The van der Waals surface area contributed by atoms with Crippen LogP contribution in [0.25, 0.3) is 0 Å². The van der Waals surface area contributed by atoms with Gasteiger partial charge in [-0.2, -0.15) is 8.78 Å². The largest absolute Gasteiger partial charge is 0.467 e. The molecule has 7 heteroatoms. The van der Waals surface area contributed by atoms with Gasteiger partial charge in [0.2, 0.25) is 9.84 Å². The monoisotopic (exact) mass is 301 g/mol. The normalized spacial score (nSPS) is 11.8. The van der Waals surface area contributed by atoms with Gasteiger partial charge in [-0.1, -0.05) is 12.1 Å². The van der Waals surface area contributed by atoms with E-state index in [1.54, 1.807) is 12.1 Å². The molecule has 0 atom stereocenters. The predicted molar refractivity (Wildman–Crippen MR) is 70.4 cm³/mol. The number of hydrogen-bond donors (Lipinski definition) is 1. The standard InChI is InChI=1S/C13H13F2NO3S/c1-9-6-7-19-11(9)8-16-10-4-2-3-5-12(10)20(17,18)13(14)15/h2-7,13,16H,8H2,1H3. The van der Waals surface area contributed by atoms with Crippen molar-refractivity contribution in [2.24, 2.45) is 0 Å². The summed E-state index contributed by atoms with van der Waals surface area (Å²) >= 11 is 0. The zero-order valence-electron chi connectivity index (χ0n) is 10.6. The summed E-state index contributed by atoms with van der Waals surface area (Å²) in [7, 11) is -4.64. The lowest BCUT2D eigenvalue weighted by Gasteiger charge is -2.11. The Morgan fingerprint density at radius 2 is 1.95 bits per heavy atom. The molecule has 0 radical (unpaired) electrons. The van der Waals surface area contributed by atoms with Crippen LogP contribution in [0.15, 0.2) is 45.9 Å². The molecule has 0 fully saturated rings. The van der Waals surface area contributed by atoms with Crippen LogP contribution >= 0.6 is 0 Å². The van der Waals surface area contributed by atoms with Crippen LogP contribution in [0.1, 0.15) is 11.3 Å². The molecule has 1 aromatic carbocycles. The van der Waals surface area contributed by atoms with E-state index < -0.39 is 20.5 Å². The fraction of sp³-hybridized carbons (Fsp3) is 0.231. The summed E-state index contributed by atoms with van der Waals surface area (Å²) in [5.41, 5.74) is 1.02. The summed E-state index contributed by atoms with van der Waals surface area (Å²) in [4.78, 5) is -0.417. The average Bonchev–Trinajstić information content (AvgIpc) is 2.82. The highest BCUT2D eigenvalue weighted by molar-refractivity contribution is 7.91. The predicted octanol–water partition coefficient (Wildman–Crippen LogP) is 3.20. The summed E-state index contributed by atoms with van der Waals surface area (Å²) in [5.74, 6) is -2.83. The van der Waals surface area contributed by atoms with Crippen LogP contribution in [-0.4, -0.2) is 14.2 Å². The summed E-state index contributed by atoms with van der Waals surface area (Å²) in [6.07, 6.45) is 1.51. The van der Waals surface area contributed by atoms with Crippen molar-refractivity contribution in [3.8, 4) is 0 Å². The molecule has 0 spiro atoms. The summed E-state index contributed by atoms with van der Waals surface area (Å²) < 4.78 is 53.6. The molecular weight excluding hydrogens is 288 g/mol. The lowest BCUT2D eigenvalue weighted by Crippen LogP contribution is -2.14. The molecule has 1 N–H and O–H groups in total. The van der Waals surface area contributed by atoms with Gasteiger partial charge in [0.05, 0.1) is 23.4 Å². The van der Waals surface area contributed by atoms with Crippen molar-refractivity contribution in [3.05, 3.63) is 47.9 Å². The quantitative estimate of drug-likeness (QED) is 0.921. The Labute approximate surface area is 115 Å². The van der Waals surface area contributed by atoms with E-state index in [1.807, 2.05) is 6.92 Å². The fourth-order valence-electron chi connectivity index (χ4n) is 1.72. The Morgan fingerprint density at radius 3 is 2.55 bits per heavy atom. The second kappa shape index (κ2) is 5.62. The molecule has 2 rings (SSSR count). The van der Waals surface area contributed by atoms with Gasteiger partial charge >= 0.3 is 5.76 Å². The fourth-order valence-corrected chi connectivity index (χ4v) is 2.62. The maximum absolute atomic E-state index is 12.6. The number of furan rings is 1. The Balaban J connectivity index is 2.28. The van der Waals surface area contributed by atoms with Crippen LogP contribution in [0.2, 0.25) is 0 Å². The molecule has 20 heavy (non-hydrogen) atoms. The third kappa shape index (κ3) is 2.82. The number of anilines is 1. The molecule has 1 aromatic heterocycles. The highest BCUT2D eigenvalue weighted by Gasteiger charge is 2.28. The minimum atomic E-state index is -4.64. The first kappa shape index (κ1) is 14.5. The van der Waals surface area contributed by atoms with Crippen molar-refractivity contribution in [2.75, 3.05) is 5.32 Å². The third-order valence-corrected chi connectivity index (χ3v) is 4.27. The molecule has 0 amide bonds. The number of sulfone groups is 1. The van der Waals surface area contributed by atoms with Crippen LogP contribution in [0.5, 0.6) is 0 Å². The molecule has 0 saturated heterocycles. The van der Waals surface area contributed by atoms with Gasteiger partial charge < -0.3 is 9.73 Å². The first-order valence-corrected chi connectivity index (χ1v) is 7.35. The molecule has 0 aliphatic carbocycles. The lowest BCUT2D eigenvalue weighted by atomic mass is 10.2. The number of alkyl halides is 2. The minimum Gasteiger partial charge on any atom is -0.467 e. The number of halogens is 2. The highest BCUT2D eigenvalue weighted by Crippen LogP contribution is 2.26. The molecule has 0 bridgehead atoms. The third-order valence-electron chi connectivity index (χ3n) is 2.84. The summed E-state index contributed by atoms with van der Waals surface area (Å²) in [6, 6.07) is 7.32. The van der Waals surface area contributed by atoms with E-state index in [2.05, 4.69) is 5.32 Å². The first-order valence-electron chi connectivity index (χ1n) is 5.81. The van der Waals surface area contributed by atoms with Gasteiger partial charge in [0.25, 0.3) is 0 Å². The molecule has 108 valence electrons. The molecular formula is C13H13F2NO3S. The van der Waals surface area contributed by atoms with Gasteiger partial charge in [-0.15, -0.1) is 0 Å². The second-order valence-corrected chi connectivity index (χ2v) is 6.07. The van der Waals surface area contributed by atoms with Crippen LogP contribution in [0.4, 0.5) is 14.5 Å². The Kier molecular flexibility index (Phi) is 4.08. The van der Waals surface area contributed by atoms with Gasteiger partial charge in [0, 0.05) is 0 Å². The number of rotatable bonds is 5. The number of nitrogens with one attached hydrogen (secondary N) is 1. The first-order chi connectivity index (χ1) is 9.43. The zero-order chi connectivity index (χ0) is 14.8. The molecule has 1 heterocycles. The summed E-state index contributed by atoms with van der Waals surface area (Å²) in [6.45, 7) is 2.05. The topological polar surface area (TPSA) is 59.3 Å². The molecule has 0 unspecified atom stereocenters. The molecule has 4 nitrogen and oxygen atoms in total. The molecule has 0 aliphatic heterocycles. The van der Waals surface area contributed by atoms with Crippen LogP contribution in [0, 0.1) is 6.92 Å². The van der Waals surface area contributed by atoms with E-state index in [9.17, 15) is 17.2 Å². The number of benzene rings is 1. The van der Waals surface area contributed by atoms with Gasteiger partial charge in [0.15, 0.2) is 0 Å². The van der Waals surface area contributed by atoms with Crippen molar-refractivity contribution in [2.45, 2.75) is 24.1 Å². The minimum absolute atomic E-state index is 0.128. The highest BCUT2D eigenvalue weighted by atomic mass is 32.2. The second-order valence-electron chi connectivity index (χ2n) is 4.18. The Bertz CT molecular complexity index is 695. The zero-order valence-corrected chi connectivity index (χ0v) is 11.5. The van der Waals surface area contributed by atoms with Crippen molar-refractivity contribution in [1.29, 1.82) is 0 Å². The Morgan fingerprint density at radius 1 is 1.25 bits per heavy atom. The van der Waals surface area contributed by atoms with E-state index in [0.29, 0.717) is 5.76 Å². The number of hydrogen-bond acceptors (Lipinski definition) is 4. The van der Waals surface area contributed by atoms with E-state index >= 15 is 0 Å². The number of aryl methyl sites for hydroxylation is 1. The van der Waals surface area contributed by atoms with E-state index in [0.717, 1.165) is 11.6 Å². The van der Waals surface area contributed by atoms with Crippen molar-refractivity contribution < 1.29 is 21.6 Å². The maximum Gasteiger partial charge on any atom is 0.341 e. The summed E-state index contributed by atoms with van der Waals surface area (Å²) in [5, 5.41) is 2.81. The molecule has 0 aliphatic rings. The molecule has 2 aromatic rings. The van der Waals surface area contributed by atoms with Crippen LogP contribution in [0.3, 0.4) is 0 Å². The van der Waals surface area contributed by atoms with Crippen LogP contribution < -0.4 is 5.32 Å². The van der Waals surface area contributed by atoms with E-state index in [4.69, 9.17) is 4.42 Å². The maximum atomic E-state index is 12.6. The van der Waals surface area contributed by atoms with Gasteiger partial charge in [-0.05, 0) is 30.7 Å². The van der Waals surface area contributed by atoms with Crippen molar-refractivity contribution in [3.63, 3.8) is 0 Å². The molecule has 0 saturated carbocycles. The van der Waals surface area contributed by atoms with Crippen LogP contribution in [-0.2, 0) is 16.4 Å². The number of para-hydroxylation sites is 1. The smallest absolute Gasteiger partial charge is 0.341 e. The van der Waals surface area contributed by atoms with E-state index in [1.165, 1.54) is 18.4 Å². The Hall–Kier alpha value is -1.89. The lowest BCUT2D eigenvalue weighted by molar-refractivity contribution is 0.235. The average molecular weight is 301 g/mol. The van der Waals surface area contributed by atoms with E-state index in [-0.39, 0.29) is 12.2 Å². The van der Waals surface area contributed by atoms with Gasteiger partial charge in [-0.25, -0.2) is 8.42 Å².